The molecule has 0 atom stereocenters. The number of nitrogens with zero attached hydrogens (tertiary/aromatic N) is 1. The summed E-state index contributed by atoms with van der Waals surface area (Å²) in [5.41, 5.74) is 0.700. The largest absolute Gasteiger partial charge is 0.494 e. The third kappa shape index (κ3) is 3.03. The third-order valence-electron chi connectivity index (χ3n) is 2.58. The van der Waals surface area contributed by atoms with Crippen molar-refractivity contribution in [3.8, 4) is 17.0 Å². The second-order valence-electron chi connectivity index (χ2n) is 3.93. The summed E-state index contributed by atoms with van der Waals surface area (Å²) in [6.45, 7) is 2.48. The van der Waals surface area contributed by atoms with E-state index in [0.717, 1.165) is 5.75 Å². The monoisotopic (exact) mass is 274 g/mol. The first kappa shape index (κ1) is 13.8. The van der Waals surface area contributed by atoms with E-state index in [0.29, 0.717) is 17.9 Å². The topological polar surface area (TPSA) is 81.3 Å². The van der Waals surface area contributed by atoms with Gasteiger partial charge in [0.25, 0.3) is 5.56 Å². The molecular weight excluding hydrogens is 260 g/mol. The average molecular weight is 274 g/mol. The number of aromatic nitrogens is 2. The first-order chi connectivity index (χ1) is 9.63. The summed E-state index contributed by atoms with van der Waals surface area (Å²) < 4.78 is 9.88. The predicted molar refractivity (Wildman–Crippen MR) is 72.8 cm³/mol. The summed E-state index contributed by atoms with van der Waals surface area (Å²) in [5.74, 6) is -0.0759. The number of esters is 1. The Kier molecular flexibility index (Phi) is 4.14. The molecule has 0 aliphatic rings. The van der Waals surface area contributed by atoms with Crippen LogP contribution >= 0.6 is 0 Å². The van der Waals surface area contributed by atoms with Crippen LogP contribution in [-0.2, 0) is 4.74 Å². The normalized spacial score (nSPS) is 10.1. The van der Waals surface area contributed by atoms with Crippen molar-refractivity contribution in [1.82, 2.24) is 9.97 Å². The lowest BCUT2D eigenvalue weighted by Crippen LogP contribution is -2.16. The summed E-state index contributed by atoms with van der Waals surface area (Å²) >= 11 is 0. The maximum Gasteiger partial charge on any atom is 0.374 e. The maximum absolute atomic E-state index is 11.5. The van der Waals surface area contributed by atoms with Crippen molar-refractivity contribution in [3.05, 3.63) is 46.5 Å². The van der Waals surface area contributed by atoms with Crippen molar-refractivity contribution >= 4 is 5.97 Å². The smallest absolute Gasteiger partial charge is 0.374 e. The summed E-state index contributed by atoms with van der Waals surface area (Å²) in [4.78, 5) is 29.4. The van der Waals surface area contributed by atoms with Gasteiger partial charge in [-0.05, 0) is 31.2 Å². The van der Waals surface area contributed by atoms with E-state index in [4.69, 9.17) is 4.74 Å². The molecule has 0 bridgehead atoms. The Balaban J connectivity index is 2.39. The Labute approximate surface area is 115 Å². The molecule has 6 heteroatoms. The van der Waals surface area contributed by atoms with Gasteiger partial charge in [0.05, 0.1) is 19.4 Å². The Hall–Kier alpha value is -2.63. The lowest BCUT2D eigenvalue weighted by Gasteiger charge is -2.05. The van der Waals surface area contributed by atoms with Gasteiger partial charge in [-0.15, -0.1) is 0 Å². The number of benzene rings is 1. The number of H-pyrrole nitrogens is 1. The highest BCUT2D eigenvalue weighted by molar-refractivity contribution is 5.85. The quantitative estimate of drug-likeness (QED) is 0.857. The molecule has 0 aliphatic carbocycles. The molecule has 6 nitrogen and oxygen atoms in total. The second-order valence-corrected chi connectivity index (χ2v) is 3.93. The number of hydrogen-bond donors (Lipinski definition) is 1. The van der Waals surface area contributed by atoms with Crippen LogP contribution in [0.1, 0.15) is 17.5 Å². The molecule has 2 rings (SSSR count). The first-order valence-electron chi connectivity index (χ1n) is 6.07. The number of carbonyl (C=O) groups is 1. The van der Waals surface area contributed by atoms with Crippen LogP contribution in [0.2, 0.25) is 0 Å². The van der Waals surface area contributed by atoms with E-state index in [1.165, 1.54) is 13.2 Å². The van der Waals surface area contributed by atoms with Crippen molar-refractivity contribution in [2.45, 2.75) is 6.92 Å². The van der Waals surface area contributed by atoms with Gasteiger partial charge in [0.15, 0.2) is 0 Å². The van der Waals surface area contributed by atoms with Gasteiger partial charge in [0.1, 0.15) is 5.75 Å². The zero-order valence-electron chi connectivity index (χ0n) is 11.2. The molecule has 0 saturated carbocycles. The van der Waals surface area contributed by atoms with Crippen LogP contribution in [0.3, 0.4) is 0 Å². The molecule has 20 heavy (non-hydrogen) atoms. The lowest BCUT2D eigenvalue weighted by molar-refractivity contribution is 0.0586. The molecule has 0 aliphatic heterocycles. The number of rotatable bonds is 4. The van der Waals surface area contributed by atoms with Crippen LogP contribution in [0.4, 0.5) is 0 Å². The van der Waals surface area contributed by atoms with Crippen LogP contribution in [-0.4, -0.2) is 29.7 Å². The number of hydrogen-bond acceptors (Lipinski definition) is 5. The van der Waals surface area contributed by atoms with Gasteiger partial charge in [-0.2, -0.15) is 0 Å². The predicted octanol–water partition coefficient (Wildman–Crippen LogP) is 1.62. The van der Waals surface area contributed by atoms with Gasteiger partial charge in [-0.1, -0.05) is 0 Å². The highest BCUT2D eigenvalue weighted by atomic mass is 16.5. The van der Waals surface area contributed by atoms with Crippen LogP contribution < -0.4 is 10.3 Å². The fraction of sp³-hybridized carbons (Fsp3) is 0.214. The van der Waals surface area contributed by atoms with E-state index in [9.17, 15) is 9.59 Å². The molecule has 1 N–H and O–H groups in total. The zero-order valence-corrected chi connectivity index (χ0v) is 11.2. The van der Waals surface area contributed by atoms with E-state index in [2.05, 4.69) is 14.7 Å². The average Bonchev–Trinajstić information content (AvgIpc) is 2.47. The Morgan fingerprint density at radius 1 is 1.30 bits per heavy atom. The number of nitrogens with one attached hydrogen (secondary N) is 1. The van der Waals surface area contributed by atoms with Gasteiger partial charge in [0, 0.05) is 11.6 Å². The molecule has 0 spiro atoms. The van der Waals surface area contributed by atoms with E-state index >= 15 is 0 Å². The summed E-state index contributed by atoms with van der Waals surface area (Å²) in [6, 6.07) is 8.42. The van der Waals surface area contributed by atoms with Gasteiger partial charge < -0.3 is 14.5 Å². The molecule has 0 fully saturated rings. The molecule has 0 radical (unpaired) electrons. The van der Waals surface area contributed by atoms with Crippen molar-refractivity contribution in [2.24, 2.45) is 0 Å². The van der Waals surface area contributed by atoms with Crippen molar-refractivity contribution in [2.75, 3.05) is 13.7 Å². The highest BCUT2D eigenvalue weighted by Crippen LogP contribution is 2.19. The summed E-state index contributed by atoms with van der Waals surface area (Å²) in [5, 5.41) is 0. The number of methoxy groups -OCH3 is 1. The fourth-order valence-corrected chi connectivity index (χ4v) is 1.69. The summed E-state index contributed by atoms with van der Waals surface area (Å²) in [6.07, 6.45) is 0. The van der Waals surface area contributed by atoms with Crippen molar-refractivity contribution in [3.63, 3.8) is 0 Å². The van der Waals surface area contributed by atoms with E-state index in [1.54, 1.807) is 24.3 Å². The van der Waals surface area contributed by atoms with Gasteiger partial charge in [-0.25, -0.2) is 9.78 Å². The number of aromatic amines is 1. The van der Waals surface area contributed by atoms with Crippen LogP contribution in [0.15, 0.2) is 35.1 Å². The molecular formula is C14H14N2O4. The lowest BCUT2D eigenvalue weighted by atomic mass is 10.1. The van der Waals surface area contributed by atoms with Crippen molar-refractivity contribution < 1.29 is 14.3 Å². The van der Waals surface area contributed by atoms with E-state index in [1.807, 2.05) is 6.92 Å². The number of carbonyl (C=O) groups excluding carboxylic acids is 1. The molecule has 0 amide bonds. The fourth-order valence-electron chi connectivity index (χ4n) is 1.69. The Morgan fingerprint density at radius 2 is 2.00 bits per heavy atom. The number of ether oxygens (including phenoxy) is 2. The second kappa shape index (κ2) is 6.01. The zero-order chi connectivity index (χ0) is 14.5. The van der Waals surface area contributed by atoms with Crippen LogP contribution in [0, 0.1) is 0 Å². The van der Waals surface area contributed by atoms with E-state index < -0.39 is 11.5 Å². The minimum Gasteiger partial charge on any atom is -0.494 e. The minimum atomic E-state index is -0.685. The third-order valence-corrected chi connectivity index (χ3v) is 2.58. The molecule has 0 unspecified atom stereocenters. The van der Waals surface area contributed by atoms with Gasteiger partial charge in [0.2, 0.25) is 5.82 Å². The SMILES string of the molecule is CCOc1ccc(-c2cc(=O)[nH]c(C(=O)OC)n2)cc1. The summed E-state index contributed by atoms with van der Waals surface area (Å²) in [7, 11) is 1.23. The Morgan fingerprint density at radius 3 is 2.60 bits per heavy atom. The molecule has 104 valence electrons. The molecule has 1 aromatic carbocycles. The Bertz CT molecular complexity index is 662. The van der Waals surface area contributed by atoms with Crippen LogP contribution in [0.25, 0.3) is 11.3 Å². The minimum absolute atomic E-state index is 0.121. The van der Waals surface area contributed by atoms with Crippen LogP contribution in [0.5, 0.6) is 5.75 Å². The maximum atomic E-state index is 11.5. The van der Waals surface area contributed by atoms with E-state index in [-0.39, 0.29) is 5.82 Å². The molecule has 1 heterocycles. The standard InChI is InChI=1S/C14H14N2O4/c1-3-20-10-6-4-9(5-7-10)11-8-12(17)16-13(15-11)14(18)19-2/h4-8H,3H2,1-2H3,(H,15,16,17). The molecule has 2 aromatic rings. The van der Waals surface area contributed by atoms with Gasteiger partial charge >= 0.3 is 5.97 Å². The first-order valence-corrected chi connectivity index (χ1v) is 6.07. The molecule has 0 saturated heterocycles. The highest BCUT2D eigenvalue weighted by Gasteiger charge is 2.11. The van der Waals surface area contributed by atoms with Crippen molar-refractivity contribution in [1.29, 1.82) is 0 Å². The van der Waals surface area contributed by atoms with Gasteiger partial charge in [-0.3, -0.25) is 4.79 Å². The molecule has 1 aromatic heterocycles.